The van der Waals surface area contributed by atoms with Crippen LogP contribution < -0.4 is 154 Å². The molecular weight excluding hydrogens is 436 g/mol. The van der Waals surface area contributed by atoms with Crippen LogP contribution in [0.1, 0.15) is 0 Å². The molecule has 0 aromatic rings. The summed E-state index contributed by atoms with van der Waals surface area (Å²) < 4.78 is 95.4. The summed E-state index contributed by atoms with van der Waals surface area (Å²) in [5.41, 5.74) is 0. The Morgan fingerprint density at radius 1 is 0.524 bits per heavy atom. The van der Waals surface area contributed by atoms with E-state index in [1.54, 1.807) is 0 Å². The molecule has 18 heteroatoms. The van der Waals surface area contributed by atoms with Crippen molar-refractivity contribution in [2.45, 2.75) is 0 Å². The van der Waals surface area contributed by atoms with Crippen LogP contribution in [-0.4, -0.2) is 71.8 Å². The van der Waals surface area contributed by atoms with E-state index in [0.717, 1.165) is 0 Å². The molecule has 0 spiro atoms. The Bertz CT molecular complexity index is 535. The Morgan fingerprint density at radius 2 is 0.667 bits per heavy atom. The third kappa shape index (κ3) is 10.4. The number of rotatable bonds is 3. The van der Waals surface area contributed by atoms with E-state index in [0.29, 0.717) is 0 Å². The second kappa shape index (κ2) is 11.4. The zero-order valence-electron chi connectivity index (χ0n) is 11.4. The van der Waals surface area contributed by atoms with E-state index in [1.807, 2.05) is 0 Å². The van der Waals surface area contributed by atoms with Crippen molar-refractivity contribution < 1.29 is 193 Å². The molecule has 21 heavy (non-hydrogen) atoms. The first-order valence-electron chi connectivity index (χ1n) is 3.95. The topological polar surface area (TPSA) is 181 Å². The molecular formula is C3H6K3N3O9S3. The van der Waals surface area contributed by atoms with Gasteiger partial charge in [-0.2, -0.15) is 12.9 Å². The van der Waals surface area contributed by atoms with Crippen LogP contribution in [-0.2, 0) is 30.9 Å². The number of nitrogens with zero attached hydrogens (tertiary/aromatic N) is 3. The van der Waals surface area contributed by atoms with Gasteiger partial charge < -0.3 is 13.7 Å². The third-order valence-electron chi connectivity index (χ3n) is 1.90. The molecule has 0 saturated carbocycles. The molecule has 0 aliphatic carbocycles. The van der Waals surface area contributed by atoms with Gasteiger partial charge in [0.1, 0.15) is 0 Å². The maximum atomic E-state index is 10.7. The van der Waals surface area contributed by atoms with Crippen LogP contribution in [0, 0.1) is 0 Å². The summed E-state index contributed by atoms with van der Waals surface area (Å²) in [4.78, 5) is 0. The summed E-state index contributed by atoms with van der Waals surface area (Å²) in [6, 6.07) is 0. The maximum absolute atomic E-state index is 10.7. The fraction of sp³-hybridized carbons (Fsp3) is 1.00. The van der Waals surface area contributed by atoms with E-state index in [2.05, 4.69) is 0 Å². The standard InChI is InChI=1S/C3H9N3O9S3.3K/c7-16(8,9)4-1-5(17(10,11)12)3-6(2-4)18(13,14)15;;;/h1-3H2,(H,7,8,9)(H,10,11,12)(H,13,14,15);;;/q;3*+1/p-3. The molecule has 0 unspecified atom stereocenters. The third-order valence-corrected chi connectivity index (χ3v) is 4.49. The largest absolute Gasteiger partial charge is 1.00 e. The van der Waals surface area contributed by atoms with Crippen LogP contribution >= 0.6 is 0 Å². The van der Waals surface area contributed by atoms with Gasteiger partial charge in [-0.05, 0) is 0 Å². The maximum Gasteiger partial charge on any atom is 1.00 e. The molecule has 108 valence electrons. The Kier molecular flexibility index (Phi) is 16.4. The fourth-order valence-electron chi connectivity index (χ4n) is 1.09. The molecule has 0 radical (unpaired) electrons. The molecule has 0 atom stereocenters. The molecule has 0 amide bonds. The molecule has 1 heterocycles. The van der Waals surface area contributed by atoms with Crippen molar-refractivity contribution in [3.8, 4) is 0 Å². The van der Waals surface area contributed by atoms with Crippen LogP contribution in [0.4, 0.5) is 0 Å². The zero-order valence-corrected chi connectivity index (χ0v) is 23.2. The second-order valence-electron chi connectivity index (χ2n) is 3.15. The van der Waals surface area contributed by atoms with Crippen molar-refractivity contribution in [3.63, 3.8) is 0 Å². The van der Waals surface area contributed by atoms with Crippen molar-refractivity contribution in [1.82, 2.24) is 12.9 Å². The second-order valence-corrected chi connectivity index (χ2v) is 7.27. The van der Waals surface area contributed by atoms with Gasteiger partial charge in [0, 0.05) is 0 Å². The predicted octanol–water partition coefficient (Wildman–Crippen LogP) is -12.8. The van der Waals surface area contributed by atoms with Gasteiger partial charge in [0.25, 0.3) is 0 Å². The molecule has 0 aromatic carbocycles. The van der Waals surface area contributed by atoms with Crippen molar-refractivity contribution in [2.75, 3.05) is 20.0 Å². The quantitative estimate of drug-likeness (QED) is 0.303. The Hall–Kier alpha value is 4.52. The van der Waals surface area contributed by atoms with Crippen LogP contribution in [0.15, 0.2) is 0 Å². The van der Waals surface area contributed by atoms with Crippen LogP contribution in [0.5, 0.6) is 0 Å². The van der Waals surface area contributed by atoms with E-state index in [-0.39, 0.29) is 167 Å². The minimum absolute atomic E-state index is 0. The molecule has 12 nitrogen and oxygen atoms in total. The van der Waals surface area contributed by atoms with E-state index < -0.39 is 50.9 Å². The summed E-state index contributed by atoms with van der Waals surface area (Å²) in [6.07, 6.45) is 0. The minimum Gasteiger partial charge on any atom is -0.735 e. The van der Waals surface area contributed by atoms with Gasteiger partial charge in [-0.15, -0.1) is 0 Å². The van der Waals surface area contributed by atoms with Gasteiger partial charge in [0.15, 0.2) is 30.9 Å². The fourth-order valence-corrected chi connectivity index (χ4v) is 2.99. The van der Waals surface area contributed by atoms with Gasteiger partial charge in [0.05, 0.1) is 20.0 Å². The normalized spacial score (nSPS) is 19.0. The molecule has 0 bridgehead atoms. The van der Waals surface area contributed by atoms with Gasteiger partial charge in [-0.25, -0.2) is 25.3 Å². The Morgan fingerprint density at radius 3 is 0.762 bits per heavy atom. The van der Waals surface area contributed by atoms with Gasteiger partial charge in [-0.1, -0.05) is 0 Å². The van der Waals surface area contributed by atoms with Crippen LogP contribution in [0.2, 0.25) is 0 Å². The average Bonchev–Trinajstić information content (AvgIpc) is 2.13. The molecule has 0 aromatic heterocycles. The summed E-state index contributed by atoms with van der Waals surface area (Å²) >= 11 is 0. The first-order valence-corrected chi connectivity index (χ1v) is 8.04. The number of hydrogen-bond acceptors (Lipinski definition) is 9. The molecule has 0 N–H and O–H groups in total. The summed E-state index contributed by atoms with van der Waals surface area (Å²) in [6.45, 7) is -3.45. The Balaban J connectivity index is -0.00000108. The summed E-state index contributed by atoms with van der Waals surface area (Å²) in [7, 11) is -15.7. The summed E-state index contributed by atoms with van der Waals surface area (Å²) in [5.74, 6) is 0. The minimum atomic E-state index is -5.22. The molecule has 1 aliphatic rings. The molecule has 1 fully saturated rings. The van der Waals surface area contributed by atoms with Gasteiger partial charge in [-0.3, -0.25) is 0 Å². The molecule has 1 saturated heterocycles. The predicted molar refractivity (Wildman–Crippen MR) is 49.2 cm³/mol. The smallest absolute Gasteiger partial charge is 0.735 e. The van der Waals surface area contributed by atoms with Gasteiger partial charge in [0.2, 0.25) is 0 Å². The van der Waals surface area contributed by atoms with Crippen molar-refractivity contribution in [1.29, 1.82) is 0 Å². The van der Waals surface area contributed by atoms with E-state index in [1.165, 1.54) is 0 Å². The molecule has 1 rings (SSSR count). The van der Waals surface area contributed by atoms with Crippen molar-refractivity contribution in [2.24, 2.45) is 0 Å². The van der Waals surface area contributed by atoms with Crippen LogP contribution in [0.25, 0.3) is 0 Å². The zero-order chi connectivity index (χ0) is 14.4. The SMILES string of the molecule is O=S(=O)([O-])N1CN(S(=O)(=O)[O-])CN(S(=O)(=O)[O-])C1.[K+].[K+].[K+]. The van der Waals surface area contributed by atoms with E-state index in [4.69, 9.17) is 0 Å². The van der Waals surface area contributed by atoms with Crippen LogP contribution in [0.3, 0.4) is 0 Å². The first-order chi connectivity index (χ1) is 7.82. The van der Waals surface area contributed by atoms with E-state index >= 15 is 0 Å². The monoisotopic (exact) mass is 441 g/mol. The Labute approximate surface area is 250 Å². The van der Waals surface area contributed by atoms with Gasteiger partial charge >= 0.3 is 154 Å². The van der Waals surface area contributed by atoms with Crippen molar-refractivity contribution in [3.05, 3.63) is 0 Å². The van der Waals surface area contributed by atoms with Crippen molar-refractivity contribution >= 4 is 30.9 Å². The first kappa shape index (κ1) is 30.3. The average molecular weight is 442 g/mol. The summed E-state index contributed by atoms with van der Waals surface area (Å²) in [5, 5.41) is 0. The number of hydrogen-bond donors (Lipinski definition) is 0. The molecule has 1 aliphatic heterocycles. The van der Waals surface area contributed by atoms with E-state index in [9.17, 15) is 38.9 Å².